The Balaban J connectivity index is 1.18. The lowest BCUT2D eigenvalue weighted by Gasteiger charge is -2.37. The van der Waals surface area contributed by atoms with Crippen molar-refractivity contribution in [2.45, 2.75) is 51.0 Å². The second-order valence-corrected chi connectivity index (χ2v) is 14.6. The van der Waals surface area contributed by atoms with Crippen molar-refractivity contribution in [3.63, 3.8) is 0 Å². The van der Waals surface area contributed by atoms with E-state index in [0.717, 1.165) is 23.4 Å². The summed E-state index contributed by atoms with van der Waals surface area (Å²) in [5, 5.41) is 33.0. The molecule has 1 aromatic heterocycles. The number of aliphatic carboxylic acids is 1. The third kappa shape index (κ3) is 9.94. The lowest BCUT2D eigenvalue weighted by atomic mass is 9.77. The van der Waals surface area contributed by atoms with E-state index in [1.165, 1.54) is 30.6 Å². The van der Waals surface area contributed by atoms with E-state index in [0.29, 0.717) is 107 Å². The number of unbranched alkanes of at least 4 members (excludes halogenated alkanes) is 2. The van der Waals surface area contributed by atoms with Gasteiger partial charge in [0.05, 0.1) is 38.6 Å². The van der Waals surface area contributed by atoms with Crippen molar-refractivity contribution in [2.75, 3.05) is 63.0 Å². The lowest BCUT2D eigenvalue weighted by Crippen LogP contribution is -2.33. The van der Waals surface area contributed by atoms with Crippen molar-refractivity contribution < 1.29 is 53.3 Å². The van der Waals surface area contributed by atoms with Crippen LogP contribution >= 0.6 is 0 Å². The summed E-state index contributed by atoms with van der Waals surface area (Å²) in [6, 6.07) is 15.0. The van der Waals surface area contributed by atoms with Crippen LogP contribution in [-0.4, -0.2) is 95.0 Å². The molecule has 0 fully saturated rings. The molecule has 3 aliphatic rings. The van der Waals surface area contributed by atoms with E-state index >= 15 is 0 Å². The van der Waals surface area contributed by atoms with Crippen LogP contribution in [0.3, 0.4) is 0 Å². The van der Waals surface area contributed by atoms with Crippen molar-refractivity contribution >= 4 is 29.5 Å². The number of fused-ring (bicyclic) bond motifs is 5. The average Bonchev–Trinajstić information content (AvgIpc) is 3.50. The number of aromatic hydroxyl groups is 2. The van der Waals surface area contributed by atoms with E-state index in [1.54, 1.807) is 31.2 Å². The Kier molecular flexibility index (Phi) is 13.8. The van der Waals surface area contributed by atoms with Gasteiger partial charge in [-0.25, -0.2) is 14.8 Å². The third-order valence-electron chi connectivity index (χ3n) is 10.3. The molecule has 1 spiro atoms. The molecule has 61 heavy (non-hydrogen) atoms. The van der Waals surface area contributed by atoms with Crippen LogP contribution in [0, 0.1) is 0 Å². The molecule has 16 nitrogen and oxygen atoms in total. The fourth-order valence-corrected chi connectivity index (χ4v) is 7.54. The molecule has 3 aliphatic heterocycles. The molecule has 0 unspecified atom stereocenters. The van der Waals surface area contributed by atoms with Gasteiger partial charge in [0.1, 0.15) is 41.7 Å². The predicted octanol–water partition coefficient (Wildman–Crippen LogP) is 6.85. The third-order valence-corrected chi connectivity index (χ3v) is 10.3. The number of carbonyl (C=O) groups excluding carboxylic acids is 1. The first-order valence-electron chi connectivity index (χ1n) is 20.2. The van der Waals surface area contributed by atoms with Gasteiger partial charge >= 0.3 is 11.9 Å². The van der Waals surface area contributed by atoms with E-state index in [-0.39, 0.29) is 40.9 Å². The van der Waals surface area contributed by atoms with Gasteiger partial charge in [-0.3, -0.25) is 4.79 Å². The maximum Gasteiger partial charge on any atom is 0.340 e. The standard InChI is InChI=1S/C45H49N5O11/c1-3-35-34(42(55)61-45(35)36-13-11-32(51)26-39(36)60-40-27-33(52)12-14-37(40)45)24-29(2)48-43-46-28-47-44(49-43)50(16-6-4-5-9-41(53)54)31-10-15-38-30(25-31)8-7-17-56-18-19-57-20-21-58-22-23-59-38/h3,10-15,24-28,51-52H,1,4-9,16-23H2,2H3,(H,53,54)(H,46,47,48,49)/b29-24+. The van der Waals surface area contributed by atoms with Crippen LogP contribution in [0.2, 0.25) is 0 Å². The number of aromatic nitrogens is 3. The number of phenolic OH excluding ortho intramolecular Hbond substituents is 2. The molecule has 0 saturated carbocycles. The van der Waals surface area contributed by atoms with Gasteiger partial charge in [0.15, 0.2) is 5.60 Å². The zero-order valence-electron chi connectivity index (χ0n) is 33.9. The molecular formula is C45H49N5O11. The number of allylic oxidation sites excluding steroid dienone is 1. The van der Waals surface area contributed by atoms with Crippen LogP contribution in [0.5, 0.6) is 28.7 Å². The first kappa shape index (κ1) is 42.6. The largest absolute Gasteiger partial charge is 0.508 e. The number of nitrogens with one attached hydrogen (secondary N) is 1. The van der Waals surface area contributed by atoms with Gasteiger partial charge in [-0.2, -0.15) is 4.98 Å². The number of carbonyl (C=O) groups is 2. The fourth-order valence-electron chi connectivity index (χ4n) is 7.54. The minimum Gasteiger partial charge on any atom is -0.508 e. The molecule has 0 bridgehead atoms. The van der Waals surface area contributed by atoms with Crippen molar-refractivity contribution in [2.24, 2.45) is 0 Å². The van der Waals surface area contributed by atoms with Gasteiger partial charge in [0.2, 0.25) is 11.9 Å². The number of carboxylic acids is 1. The number of rotatable bonds is 12. The van der Waals surface area contributed by atoms with Crippen LogP contribution in [0.15, 0.2) is 96.5 Å². The van der Waals surface area contributed by atoms with Gasteiger partial charge in [0.25, 0.3) is 0 Å². The summed E-state index contributed by atoms with van der Waals surface area (Å²) in [5.74, 6) is 0.245. The van der Waals surface area contributed by atoms with E-state index in [2.05, 4.69) is 27.9 Å². The number of hydrogen-bond donors (Lipinski definition) is 4. The molecule has 0 amide bonds. The highest BCUT2D eigenvalue weighted by Crippen LogP contribution is 2.57. The van der Waals surface area contributed by atoms with Gasteiger partial charge in [-0.05, 0) is 86.7 Å². The molecule has 3 aromatic carbocycles. The zero-order valence-corrected chi connectivity index (χ0v) is 33.9. The summed E-state index contributed by atoms with van der Waals surface area (Å²) in [6.45, 7) is 9.60. The molecule has 4 N–H and O–H groups in total. The van der Waals surface area contributed by atoms with Gasteiger partial charge in [0, 0.05) is 59.8 Å². The van der Waals surface area contributed by atoms with Crippen LogP contribution in [-0.2, 0) is 40.6 Å². The van der Waals surface area contributed by atoms with Crippen molar-refractivity contribution in [3.05, 3.63) is 113 Å². The first-order chi connectivity index (χ1) is 29.7. The number of aryl methyl sites for hydroxylation is 1. The number of hydrogen-bond acceptors (Lipinski definition) is 15. The van der Waals surface area contributed by atoms with E-state index in [4.69, 9.17) is 33.4 Å². The molecule has 0 aliphatic carbocycles. The van der Waals surface area contributed by atoms with E-state index < -0.39 is 17.5 Å². The zero-order chi connectivity index (χ0) is 42.8. The second kappa shape index (κ2) is 19.7. The quantitative estimate of drug-likeness (QED) is 0.0852. The molecule has 320 valence electrons. The number of phenols is 2. The van der Waals surface area contributed by atoms with Crippen LogP contribution in [0.25, 0.3) is 0 Å². The van der Waals surface area contributed by atoms with Crippen LogP contribution < -0.4 is 19.7 Å². The van der Waals surface area contributed by atoms with Gasteiger partial charge in [-0.1, -0.05) is 19.1 Å². The highest BCUT2D eigenvalue weighted by atomic mass is 16.6. The van der Waals surface area contributed by atoms with Gasteiger partial charge in [-0.15, -0.1) is 0 Å². The Labute approximate surface area is 353 Å². The van der Waals surface area contributed by atoms with Gasteiger partial charge < -0.3 is 54.0 Å². The minimum absolute atomic E-state index is 0.0505. The monoisotopic (exact) mass is 835 g/mol. The highest BCUT2D eigenvalue weighted by Gasteiger charge is 2.54. The topological polar surface area (TPSA) is 204 Å². The summed E-state index contributed by atoms with van der Waals surface area (Å²) >= 11 is 0. The van der Waals surface area contributed by atoms with E-state index in [9.17, 15) is 24.9 Å². The van der Waals surface area contributed by atoms with Crippen LogP contribution in [0.4, 0.5) is 17.6 Å². The molecule has 4 heterocycles. The minimum atomic E-state index is -1.48. The molecule has 0 atom stereocenters. The number of nitrogens with zero attached hydrogens (tertiary/aromatic N) is 4. The highest BCUT2D eigenvalue weighted by molar-refractivity contribution is 5.98. The SMILES string of the molecule is C=CC1=C(/C=C(\C)Nc2ncnc(N(CCCCCC(=O)O)c3ccc4c(c3)CCCOCCOCCOCCO4)n2)C(=O)OC12c1ccc(O)cc1Oc1cc(O)ccc12. The van der Waals surface area contributed by atoms with Crippen molar-refractivity contribution in [1.82, 2.24) is 15.0 Å². The first-order valence-corrected chi connectivity index (χ1v) is 20.2. The second-order valence-electron chi connectivity index (χ2n) is 14.6. The van der Waals surface area contributed by atoms with Crippen LogP contribution in [0.1, 0.15) is 55.7 Å². The smallest absolute Gasteiger partial charge is 0.340 e. The number of carboxylic acid groups (broad SMARTS) is 1. The molecule has 0 radical (unpaired) electrons. The molecule has 16 heteroatoms. The van der Waals surface area contributed by atoms with Crippen molar-refractivity contribution in [1.29, 1.82) is 0 Å². The lowest BCUT2D eigenvalue weighted by molar-refractivity contribution is -0.145. The predicted molar refractivity (Wildman–Crippen MR) is 223 cm³/mol. The fraction of sp³-hybridized carbons (Fsp3) is 0.356. The molecule has 0 saturated heterocycles. The summed E-state index contributed by atoms with van der Waals surface area (Å²) in [4.78, 5) is 40.8. The van der Waals surface area contributed by atoms with Crippen molar-refractivity contribution in [3.8, 4) is 28.7 Å². The molecule has 7 rings (SSSR count). The summed E-state index contributed by atoms with van der Waals surface area (Å²) in [6.07, 6.45) is 7.99. The summed E-state index contributed by atoms with van der Waals surface area (Å²) in [7, 11) is 0. The maximum atomic E-state index is 13.8. The molecular weight excluding hydrogens is 787 g/mol. The van der Waals surface area contributed by atoms with E-state index in [1.807, 2.05) is 17.0 Å². The Morgan fingerprint density at radius 1 is 0.869 bits per heavy atom. The molecule has 4 aromatic rings. The Morgan fingerprint density at radius 2 is 1.56 bits per heavy atom. The normalized spacial score (nSPS) is 16.7. The summed E-state index contributed by atoms with van der Waals surface area (Å²) < 4.78 is 35.4. The number of ether oxygens (including phenoxy) is 6. The Hall–Kier alpha value is -6.49. The average molecular weight is 836 g/mol. The number of anilines is 3. The Morgan fingerprint density at radius 3 is 2.25 bits per heavy atom. The Bertz CT molecular complexity index is 2260. The number of esters is 1. The maximum absolute atomic E-state index is 13.8. The summed E-state index contributed by atoms with van der Waals surface area (Å²) in [5.41, 5.74) is 2.40. The number of benzene rings is 3.